The highest BCUT2D eigenvalue weighted by Crippen LogP contribution is 2.25. The SMILES string of the molecule is O=C(Cc1ccc(NS(=O)(=O)c2cccs2)cc1)Nc1nc2ccccc2s1. The van der Waals surface area contributed by atoms with Gasteiger partial charge in [-0.3, -0.25) is 9.52 Å². The average molecular weight is 430 g/mol. The molecule has 0 fully saturated rings. The van der Waals surface area contributed by atoms with E-state index in [4.69, 9.17) is 0 Å². The van der Waals surface area contributed by atoms with Crippen molar-refractivity contribution in [3.8, 4) is 0 Å². The first kappa shape index (κ1) is 18.6. The number of hydrogen-bond donors (Lipinski definition) is 2. The number of benzene rings is 2. The summed E-state index contributed by atoms with van der Waals surface area (Å²) in [5.74, 6) is -0.175. The number of amides is 1. The van der Waals surface area contributed by atoms with Crippen molar-refractivity contribution in [2.24, 2.45) is 0 Å². The van der Waals surface area contributed by atoms with Crippen LogP contribution in [0.3, 0.4) is 0 Å². The number of carbonyl (C=O) groups excluding carboxylic acids is 1. The summed E-state index contributed by atoms with van der Waals surface area (Å²) in [5, 5.41) is 5.08. The second kappa shape index (κ2) is 7.70. The molecule has 2 aromatic heterocycles. The van der Waals surface area contributed by atoms with E-state index in [1.54, 1.807) is 41.8 Å². The van der Waals surface area contributed by atoms with E-state index in [-0.39, 0.29) is 16.5 Å². The number of thiophene rings is 1. The van der Waals surface area contributed by atoms with Gasteiger partial charge in [-0.25, -0.2) is 13.4 Å². The molecule has 0 aliphatic heterocycles. The predicted octanol–water partition coefficient (Wildman–Crippen LogP) is 4.34. The number of aromatic nitrogens is 1. The maximum atomic E-state index is 12.3. The molecule has 6 nitrogen and oxygen atoms in total. The fourth-order valence-corrected chi connectivity index (χ4v) is 5.52. The van der Waals surface area contributed by atoms with Crippen LogP contribution >= 0.6 is 22.7 Å². The number of anilines is 2. The molecule has 0 spiro atoms. The minimum absolute atomic E-state index is 0.174. The van der Waals surface area contributed by atoms with E-state index in [9.17, 15) is 13.2 Å². The molecule has 0 saturated heterocycles. The number of carbonyl (C=O) groups is 1. The van der Waals surface area contributed by atoms with Crippen molar-refractivity contribution in [2.45, 2.75) is 10.6 Å². The number of nitrogens with one attached hydrogen (secondary N) is 2. The second-order valence-electron chi connectivity index (χ2n) is 5.95. The summed E-state index contributed by atoms with van der Waals surface area (Å²) in [6.07, 6.45) is 0.174. The lowest BCUT2D eigenvalue weighted by Crippen LogP contribution is -2.14. The van der Waals surface area contributed by atoms with Crippen molar-refractivity contribution < 1.29 is 13.2 Å². The van der Waals surface area contributed by atoms with E-state index in [1.807, 2.05) is 24.3 Å². The van der Waals surface area contributed by atoms with Crippen molar-refractivity contribution >= 4 is 59.6 Å². The summed E-state index contributed by atoms with van der Waals surface area (Å²) in [4.78, 5) is 16.7. The van der Waals surface area contributed by atoms with E-state index in [0.29, 0.717) is 10.8 Å². The first-order chi connectivity index (χ1) is 13.5. The number of nitrogens with zero attached hydrogens (tertiary/aromatic N) is 1. The molecular formula is C19H15N3O3S3. The first-order valence-corrected chi connectivity index (χ1v) is 11.5. The fraction of sp³-hybridized carbons (Fsp3) is 0.0526. The normalized spacial score (nSPS) is 11.4. The van der Waals surface area contributed by atoms with Crippen molar-refractivity contribution in [3.63, 3.8) is 0 Å². The van der Waals surface area contributed by atoms with Gasteiger partial charge in [0.05, 0.1) is 16.6 Å². The lowest BCUT2D eigenvalue weighted by molar-refractivity contribution is -0.115. The van der Waals surface area contributed by atoms with Gasteiger partial charge in [-0.05, 0) is 41.3 Å². The van der Waals surface area contributed by atoms with Crippen molar-refractivity contribution in [1.82, 2.24) is 4.98 Å². The second-order valence-corrected chi connectivity index (χ2v) is 9.83. The lowest BCUT2D eigenvalue weighted by Gasteiger charge is -2.07. The van der Waals surface area contributed by atoms with E-state index < -0.39 is 10.0 Å². The Balaban J connectivity index is 1.39. The maximum absolute atomic E-state index is 12.3. The van der Waals surface area contributed by atoms with Crippen molar-refractivity contribution in [3.05, 3.63) is 71.6 Å². The van der Waals surface area contributed by atoms with Crippen LogP contribution in [-0.4, -0.2) is 19.3 Å². The van der Waals surface area contributed by atoms with Gasteiger partial charge in [0.1, 0.15) is 4.21 Å². The first-order valence-electron chi connectivity index (χ1n) is 8.30. The molecule has 0 radical (unpaired) electrons. The van der Waals surface area contributed by atoms with Gasteiger partial charge in [-0.1, -0.05) is 41.7 Å². The number of sulfonamides is 1. The predicted molar refractivity (Wildman–Crippen MR) is 114 cm³/mol. The Bertz CT molecular complexity index is 1180. The van der Waals surface area contributed by atoms with Gasteiger partial charge in [-0.2, -0.15) is 0 Å². The van der Waals surface area contributed by atoms with Gasteiger partial charge in [0.2, 0.25) is 5.91 Å². The van der Waals surface area contributed by atoms with E-state index in [2.05, 4.69) is 15.0 Å². The van der Waals surface area contributed by atoms with Gasteiger partial charge >= 0.3 is 0 Å². The summed E-state index contributed by atoms with van der Waals surface area (Å²) < 4.78 is 28.3. The summed E-state index contributed by atoms with van der Waals surface area (Å²) in [6.45, 7) is 0. The fourth-order valence-electron chi connectivity index (χ4n) is 2.59. The maximum Gasteiger partial charge on any atom is 0.271 e. The minimum atomic E-state index is -3.58. The zero-order chi connectivity index (χ0) is 19.6. The van der Waals surface area contributed by atoms with Gasteiger partial charge < -0.3 is 5.32 Å². The summed E-state index contributed by atoms with van der Waals surface area (Å²) in [6, 6.07) is 17.7. The van der Waals surface area contributed by atoms with Crippen molar-refractivity contribution in [1.29, 1.82) is 0 Å². The molecular weight excluding hydrogens is 414 g/mol. The van der Waals surface area contributed by atoms with Gasteiger partial charge in [0.15, 0.2) is 5.13 Å². The highest BCUT2D eigenvalue weighted by Gasteiger charge is 2.15. The molecule has 9 heteroatoms. The number of para-hydroxylation sites is 1. The summed E-state index contributed by atoms with van der Waals surface area (Å²) in [7, 11) is -3.58. The summed E-state index contributed by atoms with van der Waals surface area (Å²) in [5.41, 5.74) is 2.08. The number of hydrogen-bond acceptors (Lipinski definition) is 6. The van der Waals surface area contributed by atoms with Gasteiger partial charge in [0, 0.05) is 5.69 Å². The van der Waals surface area contributed by atoms with Gasteiger partial charge in [0.25, 0.3) is 10.0 Å². The zero-order valence-corrected chi connectivity index (χ0v) is 16.9. The topological polar surface area (TPSA) is 88.2 Å². The van der Waals surface area contributed by atoms with E-state index in [1.165, 1.54) is 11.3 Å². The van der Waals surface area contributed by atoms with Crippen LogP contribution in [0, 0.1) is 0 Å². The number of thiazole rings is 1. The molecule has 4 aromatic rings. The Morgan fingerprint density at radius 2 is 1.79 bits per heavy atom. The Labute approximate surface area is 169 Å². The lowest BCUT2D eigenvalue weighted by atomic mass is 10.1. The molecule has 0 aliphatic rings. The Hall–Kier alpha value is -2.75. The molecule has 0 unspecified atom stereocenters. The number of rotatable bonds is 6. The molecule has 0 saturated carbocycles. The van der Waals surface area contributed by atoms with Crippen LogP contribution in [0.1, 0.15) is 5.56 Å². The standard InChI is InChI=1S/C19H15N3O3S3/c23-17(21-19-20-15-4-1-2-5-16(15)27-19)12-13-7-9-14(10-8-13)22-28(24,25)18-6-3-11-26-18/h1-11,22H,12H2,(H,20,21,23). The molecule has 0 bridgehead atoms. The molecule has 28 heavy (non-hydrogen) atoms. The molecule has 4 rings (SSSR count). The van der Waals surface area contributed by atoms with Crippen LogP contribution in [-0.2, 0) is 21.2 Å². The Morgan fingerprint density at radius 1 is 1.00 bits per heavy atom. The molecule has 2 aromatic carbocycles. The van der Waals surface area contributed by atoms with Crippen LogP contribution in [0.5, 0.6) is 0 Å². The van der Waals surface area contributed by atoms with E-state index >= 15 is 0 Å². The quantitative estimate of drug-likeness (QED) is 0.477. The monoisotopic (exact) mass is 429 g/mol. The molecule has 0 atom stereocenters. The molecule has 1 amide bonds. The summed E-state index contributed by atoms with van der Waals surface area (Å²) >= 11 is 2.58. The third kappa shape index (κ3) is 4.22. The average Bonchev–Trinajstić information content (AvgIpc) is 3.32. The molecule has 2 N–H and O–H groups in total. The van der Waals surface area contributed by atoms with Gasteiger partial charge in [-0.15, -0.1) is 11.3 Å². The third-order valence-corrected chi connectivity index (χ3v) is 7.60. The van der Waals surface area contributed by atoms with Crippen LogP contribution < -0.4 is 10.0 Å². The Kier molecular flexibility index (Phi) is 5.12. The zero-order valence-electron chi connectivity index (χ0n) is 14.5. The molecule has 142 valence electrons. The van der Waals surface area contributed by atoms with Crippen molar-refractivity contribution in [2.75, 3.05) is 10.0 Å². The van der Waals surface area contributed by atoms with Crippen LogP contribution in [0.2, 0.25) is 0 Å². The highest BCUT2D eigenvalue weighted by molar-refractivity contribution is 7.94. The van der Waals surface area contributed by atoms with Crippen LogP contribution in [0.15, 0.2) is 70.3 Å². The third-order valence-electron chi connectivity index (χ3n) is 3.87. The smallest absolute Gasteiger partial charge is 0.271 e. The van der Waals surface area contributed by atoms with Crippen LogP contribution in [0.25, 0.3) is 10.2 Å². The Morgan fingerprint density at radius 3 is 2.50 bits per heavy atom. The highest BCUT2D eigenvalue weighted by atomic mass is 32.2. The molecule has 2 heterocycles. The minimum Gasteiger partial charge on any atom is -0.302 e. The largest absolute Gasteiger partial charge is 0.302 e. The van der Waals surface area contributed by atoms with Crippen LogP contribution in [0.4, 0.5) is 10.8 Å². The molecule has 0 aliphatic carbocycles. The van der Waals surface area contributed by atoms with E-state index in [0.717, 1.165) is 27.1 Å². The number of fused-ring (bicyclic) bond motifs is 1.